The highest BCUT2D eigenvalue weighted by Crippen LogP contribution is 2.22. The molecule has 1 atom stereocenters. The zero-order valence-electron chi connectivity index (χ0n) is 13.9. The van der Waals surface area contributed by atoms with Crippen molar-refractivity contribution in [3.05, 3.63) is 30.1 Å². The number of hydrogen-bond donors (Lipinski definition) is 2. The smallest absolute Gasteiger partial charge is 0.318 e. The predicted octanol–water partition coefficient (Wildman–Crippen LogP) is -0.139. The van der Waals surface area contributed by atoms with Gasteiger partial charge in [0.2, 0.25) is 5.91 Å². The topological polar surface area (TPSA) is 57.1 Å². The zero-order valence-corrected chi connectivity index (χ0v) is 13.9. The van der Waals surface area contributed by atoms with Crippen LogP contribution in [0.5, 0.6) is 0 Å². The lowest BCUT2D eigenvalue weighted by atomic mass is 10.2. The van der Waals surface area contributed by atoms with Crippen LogP contribution in [0.15, 0.2) is 24.3 Å². The van der Waals surface area contributed by atoms with Crippen molar-refractivity contribution in [2.24, 2.45) is 0 Å². The van der Waals surface area contributed by atoms with Gasteiger partial charge in [-0.3, -0.25) is 4.79 Å². The molecule has 2 saturated heterocycles. The fourth-order valence-corrected chi connectivity index (χ4v) is 3.34. The summed E-state index contributed by atoms with van der Waals surface area (Å²) in [5.74, 6) is -0.463. The molecule has 2 aliphatic rings. The number of rotatable bonds is 3. The van der Waals surface area contributed by atoms with Crippen molar-refractivity contribution >= 4 is 17.6 Å². The molecule has 2 fully saturated rings. The molecule has 130 valence electrons. The first-order chi connectivity index (χ1) is 11.6. The maximum absolute atomic E-state index is 13.3. The Morgan fingerprint density at radius 1 is 1.38 bits per heavy atom. The van der Waals surface area contributed by atoms with Crippen molar-refractivity contribution in [2.75, 3.05) is 44.2 Å². The van der Waals surface area contributed by atoms with Gasteiger partial charge in [-0.15, -0.1) is 0 Å². The van der Waals surface area contributed by atoms with Gasteiger partial charge in [-0.05, 0) is 25.1 Å². The molecule has 0 spiro atoms. The number of piperazine rings is 1. The molecule has 0 radical (unpaired) electrons. The summed E-state index contributed by atoms with van der Waals surface area (Å²) < 4.78 is 13.3. The molecule has 6 nitrogen and oxygen atoms in total. The van der Waals surface area contributed by atoms with Crippen LogP contribution in [-0.4, -0.2) is 62.1 Å². The van der Waals surface area contributed by atoms with E-state index in [4.69, 9.17) is 0 Å². The van der Waals surface area contributed by atoms with Gasteiger partial charge >= 0.3 is 6.03 Å². The Morgan fingerprint density at radius 2 is 2.12 bits per heavy atom. The fraction of sp³-hybridized carbons (Fsp3) is 0.529. The molecule has 7 heteroatoms. The second-order valence-corrected chi connectivity index (χ2v) is 6.43. The summed E-state index contributed by atoms with van der Waals surface area (Å²) in [5, 5.41) is 2.95. The molecule has 2 N–H and O–H groups in total. The van der Waals surface area contributed by atoms with Crippen LogP contribution in [0.3, 0.4) is 0 Å². The lowest BCUT2D eigenvalue weighted by Crippen LogP contribution is -3.14. The highest BCUT2D eigenvalue weighted by molar-refractivity contribution is 5.96. The van der Waals surface area contributed by atoms with E-state index in [0.717, 1.165) is 32.7 Å². The summed E-state index contributed by atoms with van der Waals surface area (Å²) in [4.78, 5) is 29.4. The van der Waals surface area contributed by atoms with Crippen LogP contribution in [0, 0.1) is 5.82 Å². The number of anilines is 1. The van der Waals surface area contributed by atoms with Crippen LogP contribution in [0.4, 0.5) is 14.9 Å². The fourth-order valence-electron chi connectivity index (χ4n) is 3.34. The Kier molecular flexibility index (Phi) is 4.99. The number of nitrogens with zero attached hydrogens (tertiary/aromatic N) is 2. The molecule has 1 aromatic rings. The number of amides is 3. The van der Waals surface area contributed by atoms with Crippen LogP contribution in [0.25, 0.3) is 0 Å². The van der Waals surface area contributed by atoms with E-state index in [1.165, 1.54) is 21.9 Å². The van der Waals surface area contributed by atoms with E-state index in [1.54, 1.807) is 12.1 Å². The summed E-state index contributed by atoms with van der Waals surface area (Å²) in [6.45, 7) is 7.01. The SMILES string of the molecule is CC[NH+]1CCN(C(=O)N[C@@H]2CC(=O)N(c3cccc(F)c3)C2)CC1. The van der Waals surface area contributed by atoms with Gasteiger partial charge in [0.05, 0.1) is 38.8 Å². The minimum Gasteiger partial charge on any atom is -0.333 e. The largest absolute Gasteiger partial charge is 0.333 e. The highest BCUT2D eigenvalue weighted by atomic mass is 19.1. The maximum atomic E-state index is 13.3. The van der Waals surface area contributed by atoms with E-state index in [2.05, 4.69) is 12.2 Å². The van der Waals surface area contributed by atoms with Crippen LogP contribution >= 0.6 is 0 Å². The third-order valence-electron chi connectivity index (χ3n) is 4.83. The van der Waals surface area contributed by atoms with E-state index in [0.29, 0.717) is 12.2 Å². The number of carbonyl (C=O) groups excluding carboxylic acids is 2. The Bertz CT molecular complexity index is 616. The number of halogens is 1. The number of hydrogen-bond acceptors (Lipinski definition) is 2. The van der Waals surface area contributed by atoms with Gasteiger partial charge in [-0.1, -0.05) is 6.07 Å². The van der Waals surface area contributed by atoms with Crippen LogP contribution in [-0.2, 0) is 4.79 Å². The van der Waals surface area contributed by atoms with Crippen molar-refractivity contribution in [3.8, 4) is 0 Å². The lowest BCUT2D eigenvalue weighted by Gasteiger charge is -2.32. The van der Waals surface area contributed by atoms with Crippen molar-refractivity contribution < 1.29 is 18.9 Å². The summed E-state index contributed by atoms with van der Waals surface area (Å²) in [6.07, 6.45) is 0.252. The molecule has 2 aliphatic heterocycles. The standard InChI is InChI=1S/C17H23FN4O2/c1-2-20-6-8-21(9-7-20)17(24)19-14-11-16(23)22(12-14)15-5-3-4-13(18)10-15/h3-5,10,14H,2,6-9,11-12H2,1H3,(H,19,24)/p+1/t14-/m1/s1. The first kappa shape index (κ1) is 16.7. The minimum atomic E-state index is -0.371. The summed E-state index contributed by atoms with van der Waals surface area (Å²) in [6, 6.07) is 5.64. The third-order valence-corrected chi connectivity index (χ3v) is 4.83. The Hall–Kier alpha value is -2.15. The number of urea groups is 1. The average molecular weight is 335 g/mol. The molecule has 0 bridgehead atoms. The monoisotopic (exact) mass is 335 g/mol. The quantitative estimate of drug-likeness (QED) is 0.808. The van der Waals surface area contributed by atoms with E-state index in [9.17, 15) is 14.0 Å². The lowest BCUT2D eigenvalue weighted by molar-refractivity contribution is -0.902. The van der Waals surface area contributed by atoms with Gasteiger partial charge < -0.3 is 20.0 Å². The summed E-state index contributed by atoms with van der Waals surface area (Å²) >= 11 is 0. The Labute approximate surface area is 141 Å². The molecule has 0 saturated carbocycles. The molecule has 3 rings (SSSR count). The van der Waals surface area contributed by atoms with Gasteiger partial charge in [0.1, 0.15) is 5.82 Å². The van der Waals surface area contributed by atoms with E-state index < -0.39 is 0 Å². The molecule has 3 amide bonds. The molecular formula is C17H24FN4O2+. The number of likely N-dealkylation sites (N-methyl/N-ethyl adjacent to an activating group) is 1. The molecule has 2 heterocycles. The normalized spacial score (nSPS) is 22.1. The Morgan fingerprint density at radius 3 is 2.79 bits per heavy atom. The predicted molar refractivity (Wildman–Crippen MR) is 88.5 cm³/mol. The Balaban J connectivity index is 1.55. The summed E-state index contributed by atoms with van der Waals surface area (Å²) in [7, 11) is 0. The number of benzene rings is 1. The van der Waals surface area contributed by atoms with Gasteiger partial charge in [-0.2, -0.15) is 0 Å². The zero-order chi connectivity index (χ0) is 17.1. The molecule has 0 aliphatic carbocycles. The van der Waals surface area contributed by atoms with Crippen molar-refractivity contribution in [1.29, 1.82) is 0 Å². The minimum absolute atomic E-state index is 0.0915. The molecular weight excluding hydrogens is 311 g/mol. The number of nitrogens with one attached hydrogen (secondary N) is 2. The van der Waals surface area contributed by atoms with Gasteiger partial charge in [0.25, 0.3) is 0 Å². The molecule has 0 aromatic heterocycles. The van der Waals surface area contributed by atoms with Gasteiger partial charge in [-0.25, -0.2) is 9.18 Å². The number of quaternary nitrogens is 1. The number of carbonyl (C=O) groups is 2. The van der Waals surface area contributed by atoms with E-state index >= 15 is 0 Å². The van der Waals surface area contributed by atoms with Crippen LogP contribution < -0.4 is 15.1 Å². The summed E-state index contributed by atoms with van der Waals surface area (Å²) in [5.41, 5.74) is 0.539. The first-order valence-corrected chi connectivity index (χ1v) is 8.51. The second-order valence-electron chi connectivity index (χ2n) is 6.43. The molecule has 1 aromatic carbocycles. The average Bonchev–Trinajstić information content (AvgIpc) is 2.95. The third kappa shape index (κ3) is 3.67. The van der Waals surface area contributed by atoms with Gasteiger partial charge in [0, 0.05) is 18.7 Å². The maximum Gasteiger partial charge on any atom is 0.318 e. The van der Waals surface area contributed by atoms with Gasteiger partial charge in [0.15, 0.2) is 0 Å². The van der Waals surface area contributed by atoms with E-state index in [-0.39, 0.29) is 30.2 Å². The molecule has 0 unspecified atom stereocenters. The highest BCUT2D eigenvalue weighted by Gasteiger charge is 2.33. The van der Waals surface area contributed by atoms with E-state index in [1.807, 2.05) is 4.90 Å². The van der Waals surface area contributed by atoms with Crippen LogP contribution in [0.2, 0.25) is 0 Å². The van der Waals surface area contributed by atoms with Crippen LogP contribution in [0.1, 0.15) is 13.3 Å². The first-order valence-electron chi connectivity index (χ1n) is 8.51. The molecule has 24 heavy (non-hydrogen) atoms. The van der Waals surface area contributed by atoms with Crippen molar-refractivity contribution in [1.82, 2.24) is 10.2 Å². The van der Waals surface area contributed by atoms with Crippen molar-refractivity contribution in [3.63, 3.8) is 0 Å². The van der Waals surface area contributed by atoms with Crippen molar-refractivity contribution in [2.45, 2.75) is 19.4 Å². The second kappa shape index (κ2) is 7.17.